The summed E-state index contributed by atoms with van der Waals surface area (Å²) in [4.78, 5) is 12.6. The Hall–Kier alpha value is -1.13. The molecule has 1 aliphatic carbocycles. The molecular formula is C24H48N6O11. The normalized spacial score (nSPS) is 44.4. The Bertz CT molecular complexity index is 818. The molecule has 1 saturated carbocycles. The third kappa shape index (κ3) is 8.28. The minimum Gasteiger partial charge on any atom is -0.394 e. The van der Waals surface area contributed by atoms with Gasteiger partial charge in [-0.3, -0.25) is 4.79 Å². The topological polar surface area (TPSA) is 304 Å². The molecule has 0 unspecified atom stereocenters. The zero-order valence-electron chi connectivity index (χ0n) is 23.1. The fraction of sp³-hybridized carbons (Fsp3) is 0.958. The van der Waals surface area contributed by atoms with E-state index >= 15 is 0 Å². The van der Waals surface area contributed by atoms with Gasteiger partial charge in [0.15, 0.2) is 12.6 Å². The number of ether oxygens (including phenoxy) is 4. The predicted molar refractivity (Wildman–Crippen MR) is 141 cm³/mol. The van der Waals surface area contributed by atoms with Crippen LogP contribution in [-0.4, -0.2) is 154 Å². The van der Waals surface area contributed by atoms with Crippen LogP contribution in [0.3, 0.4) is 0 Å². The van der Waals surface area contributed by atoms with Crippen LogP contribution in [0.2, 0.25) is 0 Å². The number of carbonyl (C=O) groups excluding carboxylic acids is 1. The molecule has 3 aliphatic rings. The maximum Gasteiger partial charge on any atom is 0.249 e. The van der Waals surface area contributed by atoms with E-state index in [2.05, 4.69) is 10.6 Å². The summed E-state index contributed by atoms with van der Waals surface area (Å²) < 4.78 is 23.4. The molecule has 2 aliphatic heterocycles. The molecule has 240 valence electrons. The Morgan fingerprint density at radius 2 is 1.61 bits per heavy atom. The van der Waals surface area contributed by atoms with Crippen molar-refractivity contribution >= 4 is 5.91 Å². The van der Waals surface area contributed by atoms with E-state index in [1.54, 1.807) is 0 Å². The standard InChI is InChI=1S/C24H48N6O11/c1-2-29-7-14-13(33)6-10(27)23(38-14)40-20-9(26)5-11(30-22(37)12(32)3-4-25)21(19(20)36)41-24-18(35)16(28)17(34)15(8-31)39-24/h9-21,23-24,29,31-36H,2-8,25-28H2,1H3,(H,30,37)/t9-,10+,11+,12-,13-,14+,15+,16-,17+,18+,19-,20+,21-,23+,24+/m0/s1. The molecule has 15 atom stereocenters. The smallest absolute Gasteiger partial charge is 0.249 e. The van der Waals surface area contributed by atoms with E-state index in [1.807, 2.05) is 6.92 Å². The first-order valence-electron chi connectivity index (χ1n) is 14.0. The average molecular weight is 597 g/mol. The Morgan fingerprint density at radius 1 is 0.951 bits per heavy atom. The zero-order valence-corrected chi connectivity index (χ0v) is 23.1. The van der Waals surface area contributed by atoms with Gasteiger partial charge >= 0.3 is 0 Å². The van der Waals surface area contributed by atoms with Gasteiger partial charge < -0.3 is 83.2 Å². The number of nitrogens with two attached hydrogens (primary N) is 4. The molecule has 1 amide bonds. The lowest BCUT2D eigenvalue weighted by Gasteiger charge is -2.48. The third-order valence-corrected chi connectivity index (χ3v) is 7.80. The highest BCUT2D eigenvalue weighted by atomic mass is 16.7. The minimum absolute atomic E-state index is 0.0141. The maximum absolute atomic E-state index is 12.6. The Balaban J connectivity index is 1.82. The molecule has 0 bridgehead atoms. The lowest BCUT2D eigenvalue weighted by atomic mass is 9.83. The molecule has 2 heterocycles. The van der Waals surface area contributed by atoms with Crippen LogP contribution in [0.5, 0.6) is 0 Å². The molecule has 41 heavy (non-hydrogen) atoms. The number of nitrogens with one attached hydrogen (secondary N) is 2. The lowest BCUT2D eigenvalue weighted by Crippen LogP contribution is -2.69. The Labute approximate surface area is 238 Å². The first-order valence-corrected chi connectivity index (χ1v) is 14.0. The molecule has 17 heteroatoms. The molecule has 16 N–H and O–H groups in total. The second-order valence-corrected chi connectivity index (χ2v) is 10.9. The van der Waals surface area contributed by atoms with Crippen LogP contribution in [-0.2, 0) is 23.7 Å². The van der Waals surface area contributed by atoms with Crippen LogP contribution in [0, 0.1) is 0 Å². The fourth-order valence-electron chi connectivity index (χ4n) is 5.35. The van der Waals surface area contributed by atoms with Gasteiger partial charge in [0.2, 0.25) is 5.91 Å². The van der Waals surface area contributed by atoms with Gasteiger partial charge in [0.05, 0.1) is 36.9 Å². The van der Waals surface area contributed by atoms with E-state index in [0.717, 1.165) is 0 Å². The van der Waals surface area contributed by atoms with Crippen molar-refractivity contribution in [2.45, 2.75) is 118 Å². The number of carbonyl (C=O) groups is 1. The third-order valence-electron chi connectivity index (χ3n) is 7.80. The van der Waals surface area contributed by atoms with Crippen LogP contribution >= 0.6 is 0 Å². The van der Waals surface area contributed by atoms with E-state index in [1.165, 1.54) is 0 Å². The van der Waals surface area contributed by atoms with Crippen molar-refractivity contribution in [2.24, 2.45) is 22.9 Å². The van der Waals surface area contributed by atoms with E-state index < -0.39 is 104 Å². The van der Waals surface area contributed by atoms with Gasteiger partial charge in [-0.1, -0.05) is 6.92 Å². The first kappa shape index (κ1) is 34.4. The highest BCUT2D eigenvalue weighted by Crippen LogP contribution is 2.31. The second kappa shape index (κ2) is 15.6. The molecule has 3 fully saturated rings. The van der Waals surface area contributed by atoms with Crippen molar-refractivity contribution in [1.29, 1.82) is 0 Å². The fourth-order valence-corrected chi connectivity index (χ4v) is 5.35. The summed E-state index contributed by atoms with van der Waals surface area (Å²) in [6.45, 7) is 2.31. The Kier molecular flexibility index (Phi) is 13.0. The molecule has 3 rings (SSSR count). The number of likely N-dealkylation sites (N-methyl/N-ethyl adjacent to an activating group) is 1. The van der Waals surface area contributed by atoms with Crippen molar-refractivity contribution in [1.82, 2.24) is 10.6 Å². The monoisotopic (exact) mass is 596 g/mol. The maximum atomic E-state index is 12.6. The van der Waals surface area contributed by atoms with E-state index in [9.17, 15) is 35.4 Å². The molecule has 2 saturated heterocycles. The lowest BCUT2D eigenvalue weighted by molar-refractivity contribution is -0.316. The minimum atomic E-state index is -1.57. The SMILES string of the molecule is CCNC[C@H]1O[C@H](O[C@H]2[C@H](O)[C@@H](O[C@H]3O[C@H](CO)[C@@H](O)[C@H](N)[C@H]3O)[C@H](NC(=O)[C@@H](O)CCN)C[C@@H]2N)[C@H](N)C[C@@H]1O. The van der Waals surface area contributed by atoms with Gasteiger partial charge in [-0.25, -0.2) is 0 Å². The summed E-state index contributed by atoms with van der Waals surface area (Å²) in [6, 6.07) is -3.90. The van der Waals surface area contributed by atoms with Gasteiger partial charge in [-0.15, -0.1) is 0 Å². The van der Waals surface area contributed by atoms with Gasteiger partial charge in [0.1, 0.15) is 42.7 Å². The summed E-state index contributed by atoms with van der Waals surface area (Å²) in [5.41, 5.74) is 23.9. The molecule has 0 spiro atoms. The van der Waals surface area contributed by atoms with Crippen LogP contribution in [0.1, 0.15) is 26.2 Å². The number of aliphatic hydroxyl groups is 6. The molecule has 17 nitrogen and oxygen atoms in total. The van der Waals surface area contributed by atoms with Crippen molar-refractivity contribution < 1.29 is 54.4 Å². The summed E-state index contributed by atoms with van der Waals surface area (Å²) in [5.74, 6) is -0.781. The summed E-state index contributed by atoms with van der Waals surface area (Å²) >= 11 is 0. The van der Waals surface area contributed by atoms with Gasteiger partial charge in [-0.2, -0.15) is 0 Å². The van der Waals surface area contributed by atoms with Gasteiger partial charge in [0, 0.05) is 12.6 Å². The quantitative estimate of drug-likeness (QED) is 0.0996. The highest BCUT2D eigenvalue weighted by Gasteiger charge is 2.51. The first-order chi connectivity index (χ1) is 19.4. The number of aliphatic hydroxyl groups excluding tert-OH is 6. The summed E-state index contributed by atoms with van der Waals surface area (Å²) in [6.07, 6.45) is -13.6. The van der Waals surface area contributed by atoms with Crippen molar-refractivity contribution in [2.75, 3.05) is 26.2 Å². The molecule has 0 aromatic rings. The predicted octanol–water partition coefficient (Wildman–Crippen LogP) is -6.78. The number of amides is 1. The van der Waals surface area contributed by atoms with Gasteiger partial charge in [-0.05, 0) is 32.4 Å². The number of hydrogen-bond acceptors (Lipinski definition) is 16. The van der Waals surface area contributed by atoms with E-state index in [4.69, 9.17) is 41.9 Å². The zero-order chi connectivity index (χ0) is 30.4. The summed E-state index contributed by atoms with van der Waals surface area (Å²) in [5, 5.41) is 68.1. The van der Waals surface area contributed by atoms with E-state index in [0.29, 0.717) is 13.1 Å². The second-order valence-electron chi connectivity index (χ2n) is 10.9. The van der Waals surface area contributed by atoms with Crippen LogP contribution in [0.15, 0.2) is 0 Å². The molecule has 0 aromatic heterocycles. The summed E-state index contributed by atoms with van der Waals surface area (Å²) in [7, 11) is 0. The van der Waals surface area contributed by atoms with Crippen molar-refractivity contribution in [3.63, 3.8) is 0 Å². The van der Waals surface area contributed by atoms with Crippen LogP contribution in [0.25, 0.3) is 0 Å². The van der Waals surface area contributed by atoms with Crippen molar-refractivity contribution in [3.05, 3.63) is 0 Å². The van der Waals surface area contributed by atoms with E-state index in [-0.39, 0.29) is 25.8 Å². The highest BCUT2D eigenvalue weighted by molar-refractivity contribution is 5.80. The van der Waals surface area contributed by atoms with Crippen LogP contribution in [0.4, 0.5) is 0 Å². The molecule has 0 radical (unpaired) electrons. The van der Waals surface area contributed by atoms with Crippen molar-refractivity contribution in [3.8, 4) is 0 Å². The number of rotatable bonds is 12. The Morgan fingerprint density at radius 3 is 2.24 bits per heavy atom. The average Bonchev–Trinajstić information content (AvgIpc) is 2.93. The van der Waals surface area contributed by atoms with Gasteiger partial charge in [0.25, 0.3) is 0 Å². The largest absolute Gasteiger partial charge is 0.394 e. The molecule has 0 aromatic carbocycles. The van der Waals surface area contributed by atoms with Crippen LogP contribution < -0.4 is 33.6 Å². The number of hydrogen-bond donors (Lipinski definition) is 12. The molecular weight excluding hydrogens is 548 g/mol.